The van der Waals surface area contributed by atoms with E-state index in [0.29, 0.717) is 35.8 Å². The Balaban J connectivity index is 2.22. The molecule has 1 unspecified atom stereocenters. The highest BCUT2D eigenvalue weighted by molar-refractivity contribution is 8.00. The van der Waals surface area contributed by atoms with Crippen molar-refractivity contribution in [1.29, 1.82) is 0 Å². The smallest absolute Gasteiger partial charge is 0.317 e. The summed E-state index contributed by atoms with van der Waals surface area (Å²) in [7, 11) is 1.55. The molecule has 0 spiro atoms. The van der Waals surface area contributed by atoms with Gasteiger partial charge in [-0.2, -0.15) is 0 Å². The number of nitrogens with zero attached hydrogens (tertiary/aromatic N) is 2. The number of hydrogen-bond donors (Lipinski definition) is 2. The zero-order chi connectivity index (χ0) is 18.0. The molecule has 25 heavy (non-hydrogen) atoms. The Hall–Kier alpha value is -2.32. The number of carboxylic acids is 1. The lowest BCUT2D eigenvalue weighted by molar-refractivity contribution is -0.136. The Bertz CT molecular complexity index is 979. The number of fused-ring (bicyclic) bond motifs is 3. The molecule has 132 valence electrons. The Labute approximate surface area is 148 Å². The van der Waals surface area contributed by atoms with Crippen molar-refractivity contribution in [2.45, 2.75) is 30.3 Å². The van der Waals surface area contributed by atoms with Gasteiger partial charge in [-0.1, -0.05) is 36.9 Å². The fraction of sp³-hybridized carbons (Fsp3) is 0.353. The first-order valence-corrected chi connectivity index (χ1v) is 8.84. The van der Waals surface area contributed by atoms with Gasteiger partial charge in [0.1, 0.15) is 16.3 Å². The van der Waals surface area contributed by atoms with E-state index in [1.807, 2.05) is 24.3 Å². The number of ether oxygens (including phenoxy) is 1. The molecule has 0 saturated carbocycles. The Kier molecular flexibility index (Phi) is 5.10. The van der Waals surface area contributed by atoms with Crippen molar-refractivity contribution >= 4 is 39.7 Å². The minimum absolute atomic E-state index is 0.221. The first-order chi connectivity index (χ1) is 12.1. The summed E-state index contributed by atoms with van der Waals surface area (Å²) in [4.78, 5) is 32.1. The van der Waals surface area contributed by atoms with Crippen LogP contribution in [0.3, 0.4) is 0 Å². The van der Waals surface area contributed by atoms with Crippen molar-refractivity contribution in [2.75, 3.05) is 13.7 Å². The molecule has 0 aliphatic carbocycles. The number of aliphatic carboxylic acids is 1. The molecule has 7 nitrogen and oxygen atoms in total. The van der Waals surface area contributed by atoms with Gasteiger partial charge in [-0.05, 0) is 12.5 Å². The SMILES string of the molecule is CCC(Sc1nc2c([nH]c3ccccc32)c(=O)n1CCOC)C(=O)O. The third-order valence-corrected chi connectivity index (χ3v) is 5.33. The second kappa shape index (κ2) is 7.28. The molecule has 8 heteroatoms. The quantitative estimate of drug-likeness (QED) is 0.496. The number of aromatic amines is 1. The topological polar surface area (TPSA) is 97.2 Å². The van der Waals surface area contributed by atoms with Gasteiger partial charge in [-0.25, -0.2) is 4.98 Å². The number of thioether (sulfide) groups is 1. The number of nitrogens with one attached hydrogen (secondary N) is 1. The van der Waals surface area contributed by atoms with Gasteiger partial charge in [-0.3, -0.25) is 14.2 Å². The summed E-state index contributed by atoms with van der Waals surface area (Å²) in [6.07, 6.45) is 0.437. The fourth-order valence-corrected chi connectivity index (χ4v) is 3.65. The van der Waals surface area contributed by atoms with Gasteiger partial charge < -0.3 is 14.8 Å². The molecule has 2 aromatic heterocycles. The summed E-state index contributed by atoms with van der Waals surface area (Å²) < 4.78 is 6.57. The van der Waals surface area contributed by atoms with Crippen molar-refractivity contribution in [3.05, 3.63) is 34.6 Å². The molecule has 0 aliphatic heterocycles. The number of carbonyl (C=O) groups is 1. The third-order valence-electron chi connectivity index (χ3n) is 3.99. The normalized spacial score (nSPS) is 12.7. The zero-order valence-electron chi connectivity index (χ0n) is 14.0. The molecule has 3 aromatic rings. The van der Waals surface area contributed by atoms with Crippen molar-refractivity contribution < 1.29 is 14.6 Å². The maximum atomic E-state index is 12.9. The van der Waals surface area contributed by atoms with E-state index in [4.69, 9.17) is 4.74 Å². The van der Waals surface area contributed by atoms with Crippen LogP contribution in [0.15, 0.2) is 34.2 Å². The molecule has 2 N–H and O–H groups in total. The molecule has 0 saturated heterocycles. The van der Waals surface area contributed by atoms with E-state index in [2.05, 4.69) is 9.97 Å². The Morgan fingerprint density at radius 1 is 1.44 bits per heavy atom. The maximum absolute atomic E-state index is 12.9. The first-order valence-electron chi connectivity index (χ1n) is 7.96. The molecule has 0 aliphatic rings. The van der Waals surface area contributed by atoms with E-state index < -0.39 is 11.2 Å². The molecule has 2 heterocycles. The van der Waals surface area contributed by atoms with E-state index in [1.165, 1.54) is 4.57 Å². The van der Waals surface area contributed by atoms with Crippen LogP contribution in [-0.2, 0) is 16.1 Å². The zero-order valence-corrected chi connectivity index (χ0v) is 14.8. The van der Waals surface area contributed by atoms with Crippen molar-refractivity contribution in [3.8, 4) is 0 Å². The Morgan fingerprint density at radius 3 is 2.88 bits per heavy atom. The highest BCUT2D eigenvalue weighted by atomic mass is 32.2. The van der Waals surface area contributed by atoms with Gasteiger partial charge in [-0.15, -0.1) is 0 Å². The van der Waals surface area contributed by atoms with Crippen molar-refractivity contribution in [3.63, 3.8) is 0 Å². The summed E-state index contributed by atoms with van der Waals surface area (Å²) in [5.41, 5.74) is 1.59. The predicted molar refractivity (Wildman–Crippen MR) is 97.3 cm³/mol. The first kappa shape index (κ1) is 17.5. The predicted octanol–water partition coefficient (Wildman–Crippen LogP) is 2.48. The maximum Gasteiger partial charge on any atom is 0.317 e. The molecule has 0 amide bonds. The number of para-hydroxylation sites is 1. The second-order valence-corrected chi connectivity index (χ2v) is 6.76. The van der Waals surface area contributed by atoms with Crippen LogP contribution in [0.1, 0.15) is 13.3 Å². The van der Waals surface area contributed by atoms with Gasteiger partial charge >= 0.3 is 5.97 Å². The molecular formula is C17H19N3O4S. The average Bonchev–Trinajstić information content (AvgIpc) is 2.98. The highest BCUT2D eigenvalue weighted by Gasteiger charge is 2.22. The van der Waals surface area contributed by atoms with E-state index in [1.54, 1.807) is 14.0 Å². The largest absolute Gasteiger partial charge is 0.480 e. The number of rotatable bonds is 7. The minimum Gasteiger partial charge on any atom is -0.480 e. The van der Waals surface area contributed by atoms with E-state index in [0.717, 1.165) is 22.7 Å². The van der Waals surface area contributed by atoms with Crippen LogP contribution in [0.2, 0.25) is 0 Å². The molecule has 1 atom stereocenters. The number of benzene rings is 1. The van der Waals surface area contributed by atoms with Gasteiger partial charge in [0.15, 0.2) is 5.16 Å². The van der Waals surface area contributed by atoms with Gasteiger partial charge in [0.2, 0.25) is 0 Å². The number of hydrogen-bond acceptors (Lipinski definition) is 5. The van der Waals surface area contributed by atoms with Crippen LogP contribution in [0, 0.1) is 0 Å². The van der Waals surface area contributed by atoms with Gasteiger partial charge in [0.05, 0.1) is 13.2 Å². The number of methoxy groups -OCH3 is 1. The minimum atomic E-state index is -0.918. The lowest BCUT2D eigenvalue weighted by Crippen LogP contribution is -2.27. The summed E-state index contributed by atoms with van der Waals surface area (Å²) in [5.74, 6) is -0.918. The van der Waals surface area contributed by atoms with Crippen LogP contribution in [0.4, 0.5) is 0 Å². The molecule has 0 fully saturated rings. The molecule has 3 rings (SSSR count). The standard InChI is InChI=1S/C17H19N3O4S/c1-3-12(16(22)23)25-17-19-13-10-6-4-5-7-11(10)18-14(13)15(21)20(17)8-9-24-2/h4-7,12,18H,3,8-9H2,1-2H3,(H,22,23). The summed E-state index contributed by atoms with van der Waals surface area (Å²) in [6, 6.07) is 7.54. The van der Waals surface area contributed by atoms with E-state index in [9.17, 15) is 14.7 Å². The van der Waals surface area contributed by atoms with Crippen LogP contribution in [-0.4, -0.2) is 44.6 Å². The summed E-state index contributed by atoms with van der Waals surface area (Å²) >= 11 is 1.10. The monoisotopic (exact) mass is 361 g/mol. The van der Waals surface area contributed by atoms with Crippen LogP contribution >= 0.6 is 11.8 Å². The lowest BCUT2D eigenvalue weighted by Gasteiger charge is -2.14. The summed E-state index contributed by atoms with van der Waals surface area (Å²) in [6.45, 7) is 2.45. The average molecular weight is 361 g/mol. The van der Waals surface area contributed by atoms with Gasteiger partial charge in [0.25, 0.3) is 5.56 Å². The van der Waals surface area contributed by atoms with Crippen LogP contribution in [0.25, 0.3) is 21.9 Å². The second-order valence-electron chi connectivity index (χ2n) is 5.59. The number of carboxylic acid groups (broad SMARTS) is 1. The third kappa shape index (κ3) is 3.27. The summed E-state index contributed by atoms with van der Waals surface area (Å²) in [5, 5.41) is 9.93. The number of aromatic nitrogens is 3. The number of H-pyrrole nitrogens is 1. The van der Waals surface area contributed by atoms with Gasteiger partial charge in [0, 0.05) is 18.0 Å². The molecule has 0 bridgehead atoms. The molecule has 0 radical (unpaired) electrons. The molecular weight excluding hydrogens is 342 g/mol. The van der Waals surface area contributed by atoms with Crippen LogP contribution in [0.5, 0.6) is 0 Å². The van der Waals surface area contributed by atoms with Crippen molar-refractivity contribution in [2.24, 2.45) is 0 Å². The fourth-order valence-electron chi connectivity index (χ4n) is 2.68. The molecule has 1 aromatic carbocycles. The van der Waals surface area contributed by atoms with E-state index in [-0.39, 0.29) is 5.56 Å². The highest BCUT2D eigenvalue weighted by Crippen LogP contribution is 2.27. The van der Waals surface area contributed by atoms with Crippen LogP contribution < -0.4 is 5.56 Å². The Morgan fingerprint density at radius 2 is 2.20 bits per heavy atom. The lowest BCUT2D eigenvalue weighted by atomic mass is 10.2. The van der Waals surface area contributed by atoms with Crippen molar-refractivity contribution in [1.82, 2.24) is 14.5 Å². The van der Waals surface area contributed by atoms with E-state index >= 15 is 0 Å².